The maximum Gasteiger partial charge on any atom is 0.341 e. The summed E-state index contributed by atoms with van der Waals surface area (Å²) in [7, 11) is 1.55. The highest BCUT2D eigenvalue weighted by molar-refractivity contribution is 5.86. The lowest BCUT2D eigenvalue weighted by molar-refractivity contribution is -0.688. The number of hydrogen-bond acceptors (Lipinski definition) is 3. The van der Waals surface area contributed by atoms with Crippen molar-refractivity contribution in [3.63, 3.8) is 0 Å². The van der Waals surface area contributed by atoms with E-state index in [1.54, 1.807) is 42.1 Å². The van der Waals surface area contributed by atoms with Crippen molar-refractivity contribution in [2.45, 2.75) is 6.54 Å². The number of aromatic nitrogens is 1. The van der Waals surface area contributed by atoms with Gasteiger partial charge in [0.1, 0.15) is 17.6 Å². The highest BCUT2D eigenvalue weighted by atomic mass is 16.5. The summed E-state index contributed by atoms with van der Waals surface area (Å²) in [6.45, 7) is 0.423. The minimum atomic E-state index is -0.979. The first-order valence-electron chi connectivity index (χ1n) is 5.98. The second-order valence-electron chi connectivity index (χ2n) is 4.26. The molecular weight excluding hydrogens is 258 g/mol. The van der Waals surface area contributed by atoms with Crippen molar-refractivity contribution < 1.29 is 24.0 Å². The van der Waals surface area contributed by atoms with Crippen LogP contribution in [0.1, 0.15) is 26.3 Å². The number of carboxylic acid groups (broad SMARTS) is 1. The molecule has 0 atom stereocenters. The Balaban J connectivity index is 2.35. The normalized spacial score (nSPS) is 10.1. The van der Waals surface area contributed by atoms with Gasteiger partial charge in [0.15, 0.2) is 18.9 Å². The van der Waals surface area contributed by atoms with Gasteiger partial charge >= 0.3 is 5.97 Å². The summed E-state index contributed by atoms with van der Waals surface area (Å²) in [6.07, 6.45) is 4.07. The molecule has 0 aliphatic heterocycles. The van der Waals surface area contributed by atoms with Gasteiger partial charge in [0.2, 0.25) is 0 Å². The van der Waals surface area contributed by atoms with Crippen LogP contribution < -0.4 is 9.30 Å². The summed E-state index contributed by atoms with van der Waals surface area (Å²) in [5.74, 6) is -0.322. The van der Waals surface area contributed by atoms with Gasteiger partial charge in [-0.15, -0.1) is 0 Å². The van der Waals surface area contributed by atoms with Crippen molar-refractivity contribution >= 4 is 12.3 Å². The SMILES string of the molecule is COc1ccc(C=O)cc1C[n+]1cccc(C(=O)O)c1. The quantitative estimate of drug-likeness (QED) is 0.662. The summed E-state index contributed by atoms with van der Waals surface area (Å²) in [5.41, 5.74) is 1.57. The van der Waals surface area contributed by atoms with Gasteiger partial charge in [-0.2, -0.15) is 4.57 Å². The van der Waals surface area contributed by atoms with Gasteiger partial charge in [0, 0.05) is 11.6 Å². The number of carbonyl (C=O) groups is 2. The van der Waals surface area contributed by atoms with Crippen molar-refractivity contribution in [1.82, 2.24) is 0 Å². The van der Waals surface area contributed by atoms with Crippen molar-refractivity contribution in [3.8, 4) is 5.75 Å². The van der Waals surface area contributed by atoms with Gasteiger partial charge < -0.3 is 9.84 Å². The molecule has 0 saturated carbocycles. The van der Waals surface area contributed by atoms with Crippen LogP contribution in [0.2, 0.25) is 0 Å². The molecule has 5 nitrogen and oxygen atoms in total. The third-order valence-corrected chi connectivity index (χ3v) is 2.90. The zero-order valence-corrected chi connectivity index (χ0v) is 10.9. The Hall–Kier alpha value is -2.69. The Kier molecular flexibility index (Phi) is 4.10. The summed E-state index contributed by atoms with van der Waals surface area (Å²) in [5, 5.41) is 8.97. The molecule has 2 rings (SSSR count). The van der Waals surface area contributed by atoms with E-state index in [9.17, 15) is 9.59 Å². The molecule has 0 fully saturated rings. The Morgan fingerprint density at radius 3 is 2.85 bits per heavy atom. The molecule has 1 aromatic carbocycles. The highest BCUT2D eigenvalue weighted by Gasteiger charge is 2.12. The molecule has 1 aromatic heterocycles. The predicted octanol–water partition coefficient (Wildman–Crippen LogP) is 1.54. The monoisotopic (exact) mass is 272 g/mol. The zero-order chi connectivity index (χ0) is 14.5. The minimum Gasteiger partial charge on any atom is -0.496 e. The average molecular weight is 272 g/mol. The van der Waals surface area contributed by atoms with Gasteiger partial charge in [-0.1, -0.05) is 0 Å². The first-order chi connectivity index (χ1) is 9.63. The maximum absolute atomic E-state index is 10.9. The standard InChI is InChI=1S/C15H13NO4/c1-20-14-5-4-11(10-17)7-13(14)9-16-6-2-3-12(8-16)15(18)19/h2-8,10H,9H2,1H3/p+1. The molecule has 0 aliphatic carbocycles. The lowest BCUT2D eigenvalue weighted by atomic mass is 10.1. The van der Waals surface area contributed by atoms with E-state index in [-0.39, 0.29) is 5.56 Å². The third kappa shape index (κ3) is 3.00. The van der Waals surface area contributed by atoms with Crippen LogP contribution in [0.25, 0.3) is 0 Å². The van der Waals surface area contributed by atoms with E-state index in [2.05, 4.69) is 0 Å². The fourth-order valence-corrected chi connectivity index (χ4v) is 1.94. The average Bonchev–Trinajstić information content (AvgIpc) is 2.47. The molecule has 1 N–H and O–H groups in total. The smallest absolute Gasteiger partial charge is 0.341 e. The molecule has 20 heavy (non-hydrogen) atoms. The minimum absolute atomic E-state index is 0.206. The topological polar surface area (TPSA) is 67.5 Å². The third-order valence-electron chi connectivity index (χ3n) is 2.90. The second kappa shape index (κ2) is 5.97. The van der Waals surface area contributed by atoms with Crippen LogP contribution in [0, 0.1) is 0 Å². The summed E-state index contributed by atoms with van der Waals surface area (Å²) >= 11 is 0. The highest BCUT2D eigenvalue weighted by Crippen LogP contribution is 2.18. The van der Waals surface area contributed by atoms with Gasteiger partial charge in [-0.25, -0.2) is 4.79 Å². The van der Waals surface area contributed by atoms with E-state index < -0.39 is 5.97 Å². The van der Waals surface area contributed by atoms with Crippen LogP contribution in [0.4, 0.5) is 0 Å². The number of aldehydes is 1. The molecule has 102 valence electrons. The number of carbonyl (C=O) groups excluding carboxylic acids is 1. The largest absolute Gasteiger partial charge is 0.496 e. The van der Waals surface area contributed by atoms with Crippen LogP contribution in [0.15, 0.2) is 42.7 Å². The maximum atomic E-state index is 10.9. The van der Waals surface area contributed by atoms with E-state index in [0.717, 1.165) is 11.8 Å². The zero-order valence-electron chi connectivity index (χ0n) is 10.9. The first kappa shape index (κ1) is 13.7. The number of rotatable bonds is 5. The number of benzene rings is 1. The molecule has 5 heteroatoms. The summed E-state index contributed by atoms with van der Waals surface area (Å²) in [6, 6.07) is 8.32. The fraction of sp³-hybridized carbons (Fsp3) is 0.133. The van der Waals surface area contributed by atoms with Crippen LogP contribution in [0.3, 0.4) is 0 Å². The number of ether oxygens (including phenoxy) is 1. The molecule has 2 aromatic rings. The van der Waals surface area contributed by atoms with Crippen molar-refractivity contribution in [2.75, 3.05) is 7.11 Å². The molecular formula is C15H14NO4+. The molecule has 0 amide bonds. The van der Waals surface area contributed by atoms with E-state index in [1.165, 1.54) is 12.3 Å². The van der Waals surface area contributed by atoms with Crippen molar-refractivity contribution in [2.24, 2.45) is 0 Å². The van der Waals surface area contributed by atoms with Crippen molar-refractivity contribution in [3.05, 3.63) is 59.4 Å². The summed E-state index contributed by atoms with van der Waals surface area (Å²) in [4.78, 5) is 21.8. The Morgan fingerprint density at radius 2 is 2.20 bits per heavy atom. The van der Waals surface area contributed by atoms with E-state index >= 15 is 0 Å². The van der Waals surface area contributed by atoms with Gasteiger partial charge in [-0.05, 0) is 24.3 Å². The number of pyridine rings is 1. The Morgan fingerprint density at radius 1 is 1.40 bits per heavy atom. The number of methoxy groups -OCH3 is 1. The summed E-state index contributed by atoms with van der Waals surface area (Å²) < 4.78 is 6.98. The van der Waals surface area contributed by atoms with Crippen LogP contribution >= 0.6 is 0 Å². The van der Waals surface area contributed by atoms with Gasteiger partial charge in [-0.3, -0.25) is 4.79 Å². The van der Waals surface area contributed by atoms with Crippen molar-refractivity contribution in [1.29, 1.82) is 0 Å². The molecule has 0 saturated heterocycles. The number of carboxylic acids is 1. The number of nitrogens with zero attached hydrogens (tertiary/aromatic N) is 1. The lowest BCUT2D eigenvalue weighted by Gasteiger charge is -2.06. The van der Waals surface area contributed by atoms with Gasteiger partial charge in [0.25, 0.3) is 0 Å². The van der Waals surface area contributed by atoms with Crippen LogP contribution in [0.5, 0.6) is 5.75 Å². The molecule has 0 bridgehead atoms. The molecule has 0 aliphatic rings. The molecule has 0 unspecified atom stereocenters. The molecule has 0 radical (unpaired) electrons. The van der Waals surface area contributed by atoms with E-state index in [1.807, 2.05) is 0 Å². The predicted molar refractivity (Wildman–Crippen MR) is 71.1 cm³/mol. The van der Waals surface area contributed by atoms with Gasteiger partial charge in [0.05, 0.1) is 12.7 Å². The first-order valence-corrected chi connectivity index (χ1v) is 5.98. The Bertz CT molecular complexity index is 652. The second-order valence-corrected chi connectivity index (χ2v) is 4.26. The van der Waals surface area contributed by atoms with E-state index in [4.69, 9.17) is 9.84 Å². The van der Waals surface area contributed by atoms with Crippen LogP contribution in [-0.4, -0.2) is 24.5 Å². The van der Waals surface area contributed by atoms with E-state index in [0.29, 0.717) is 17.9 Å². The number of aromatic carboxylic acids is 1. The number of hydrogen-bond donors (Lipinski definition) is 1. The lowest BCUT2D eigenvalue weighted by Crippen LogP contribution is -2.34. The van der Waals surface area contributed by atoms with Crippen LogP contribution in [-0.2, 0) is 6.54 Å². The molecule has 0 spiro atoms. The fourth-order valence-electron chi connectivity index (χ4n) is 1.94. The Labute approximate surface area is 116 Å². The molecule has 1 heterocycles.